The molecule has 1 unspecified atom stereocenters. The molecule has 1 aliphatic rings. The van der Waals surface area contributed by atoms with Crippen LogP contribution in [0.25, 0.3) is 0 Å². The van der Waals surface area contributed by atoms with Crippen molar-refractivity contribution in [1.29, 1.82) is 0 Å². The normalized spacial score (nSPS) is 16.2. The summed E-state index contributed by atoms with van der Waals surface area (Å²) < 4.78 is 27.3. The highest BCUT2D eigenvalue weighted by atomic mass is 35.5. The maximum atomic E-state index is 12.9. The van der Waals surface area contributed by atoms with Crippen molar-refractivity contribution in [2.24, 2.45) is 0 Å². The van der Waals surface area contributed by atoms with Crippen LogP contribution in [0.2, 0.25) is 0 Å². The number of hydrogen-bond donors (Lipinski definition) is 2. The molecule has 0 spiro atoms. The summed E-state index contributed by atoms with van der Waals surface area (Å²) in [5.74, 6) is 0.149. The first kappa shape index (κ1) is 18.2. The summed E-state index contributed by atoms with van der Waals surface area (Å²) in [5, 5.41) is 12.5. The van der Waals surface area contributed by atoms with Gasteiger partial charge in [0.05, 0.1) is 16.9 Å². The van der Waals surface area contributed by atoms with Crippen molar-refractivity contribution < 1.29 is 13.5 Å². The molecular formula is C18H21ClN2O3S. The average Bonchev–Trinajstić information content (AvgIpc) is 2.66. The first-order valence-electron chi connectivity index (χ1n) is 8.15. The number of sulfonamides is 1. The molecule has 134 valence electrons. The van der Waals surface area contributed by atoms with Gasteiger partial charge in [-0.3, -0.25) is 0 Å². The van der Waals surface area contributed by atoms with E-state index in [1.807, 2.05) is 18.2 Å². The van der Waals surface area contributed by atoms with Crippen molar-refractivity contribution in [2.75, 3.05) is 24.3 Å². The molecule has 7 heteroatoms. The Morgan fingerprint density at radius 3 is 2.48 bits per heavy atom. The Morgan fingerprint density at radius 2 is 1.80 bits per heavy atom. The van der Waals surface area contributed by atoms with E-state index in [0.29, 0.717) is 19.6 Å². The van der Waals surface area contributed by atoms with E-state index in [1.54, 1.807) is 24.3 Å². The van der Waals surface area contributed by atoms with Gasteiger partial charge in [0.15, 0.2) is 0 Å². The van der Waals surface area contributed by atoms with E-state index in [4.69, 9.17) is 11.6 Å². The Kier molecular flexibility index (Phi) is 5.64. The molecule has 0 amide bonds. The highest BCUT2D eigenvalue weighted by molar-refractivity contribution is 7.89. The number of anilines is 1. The number of nitrogens with zero attached hydrogens (tertiary/aromatic N) is 1. The Bertz CT molecular complexity index is 824. The fraction of sp³-hybridized carbons (Fsp3) is 0.333. The molecule has 0 aromatic heterocycles. The van der Waals surface area contributed by atoms with Gasteiger partial charge in [-0.25, -0.2) is 8.42 Å². The SMILES string of the molecule is O=S(=O)(c1ccc(NCC(O)CCl)cc1)N1CCc2ccccc2C1. The average molecular weight is 381 g/mol. The van der Waals surface area contributed by atoms with E-state index in [-0.39, 0.29) is 10.8 Å². The van der Waals surface area contributed by atoms with Crippen LogP contribution in [0.4, 0.5) is 5.69 Å². The molecule has 0 bridgehead atoms. The minimum absolute atomic E-state index is 0.149. The molecule has 1 aliphatic heterocycles. The standard InChI is InChI=1S/C18H21ClN2O3S/c19-11-17(22)12-20-16-5-7-18(8-6-16)25(23,24)21-10-9-14-3-1-2-4-15(14)13-21/h1-8,17,20,22H,9-13H2. The summed E-state index contributed by atoms with van der Waals surface area (Å²) in [7, 11) is -3.52. The lowest BCUT2D eigenvalue weighted by atomic mass is 10.0. The van der Waals surface area contributed by atoms with Crippen LogP contribution in [0.1, 0.15) is 11.1 Å². The molecule has 3 rings (SSSR count). The highest BCUT2D eigenvalue weighted by Gasteiger charge is 2.28. The zero-order valence-corrected chi connectivity index (χ0v) is 15.3. The lowest BCUT2D eigenvalue weighted by molar-refractivity contribution is 0.211. The Morgan fingerprint density at radius 1 is 1.12 bits per heavy atom. The fourth-order valence-corrected chi connectivity index (χ4v) is 4.39. The van der Waals surface area contributed by atoms with E-state index in [0.717, 1.165) is 17.7 Å². The number of halogens is 1. The molecule has 0 aliphatic carbocycles. The molecule has 0 saturated heterocycles. The zero-order chi connectivity index (χ0) is 17.9. The maximum Gasteiger partial charge on any atom is 0.243 e. The van der Waals surface area contributed by atoms with Crippen LogP contribution >= 0.6 is 11.6 Å². The molecule has 2 aromatic carbocycles. The van der Waals surface area contributed by atoms with E-state index in [9.17, 15) is 13.5 Å². The quantitative estimate of drug-likeness (QED) is 0.755. The summed E-state index contributed by atoms with van der Waals surface area (Å²) in [6, 6.07) is 14.5. The van der Waals surface area contributed by atoms with Gasteiger partial charge in [0.25, 0.3) is 0 Å². The molecule has 2 aromatic rings. The number of rotatable bonds is 6. The summed E-state index contributed by atoms with van der Waals surface area (Å²) in [6.45, 7) is 1.21. The molecular weight excluding hydrogens is 360 g/mol. The lowest BCUT2D eigenvalue weighted by Crippen LogP contribution is -2.35. The van der Waals surface area contributed by atoms with Crippen molar-refractivity contribution in [1.82, 2.24) is 4.31 Å². The summed E-state index contributed by atoms with van der Waals surface area (Å²) >= 11 is 5.55. The fourth-order valence-electron chi connectivity index (χ4n) is 2.86. The second kappa shape index (κ2) is 7.74. The van der Waals surface area contributed by atoms with Crippen LogP contribution in [0.5, 0.6) is 0 Å². The van der Waals surface area contributed by atoms with Gasteiger partial charge in [0, 0.05) is 25.3 Å². The molecule has 0 fully saturated rings. The van der Waals surface area contributed by atoms with Gasteiger partial charge in [0.2, 0.25) is 10.0 Å². The molecule has 5 nitrogen and oxygen atoms in total. The third-order valence-corrected chi connectivity index (χ3v) is 6.52. The van der Waals surface area contributed by atoms with Crippen LogP contribution in [0.3, 0.4) is 0 Å². The van der Waals surface area contributed by atoms with Gasteiger partial charge in [-0.1, -0.05) is 24.3 Å². The smallest absolute Gasteiger partial charge is 0.243 e. The van der Waals surface area contributed by atoms with Crippen molar-refractivity contribution in [3.63, 3.8) is 0 Å². The van der Waals surface area contributed by atoms with Gasteiger partial charge >= 0.3 is 0 Å². The number of aliphatic hydroxyl groups is 1. The number of fused-ring (bicyclic) bond motifs is 1. The lowest BCUT2D eigenvalue weighted by Gasteiger charge is -2.28. The number of hydrogen-bond acceptors (Lipinski definition) is 4. The van der Waals surface area contributed by atoms with E-state index in [1.165, 1.54) is 9.87 Å². The first-order valence-corrected chi connectivity index (χ1v) is 10.1. The van der Waals surface area contributed by atoms with Crippen molar-refractivity contribution in [3.05, 3.63) is 59.7 Å². The van der Waals surface area contributed by atoms with Gasteiger partial charge in [0.1, 0.15) is 0 Å². The molecule has 1 atom stereocenters. The predicted molar refractivity (Wildman–Crippen MR) is 99.4 cm³/mol. The van der Waals surface area contributed by atoms with E-state index < -0.39 is 16.1 Å². The summed E-state index contributed by atoms with van der Waals surface area (Å²) in [6.07, 6.45) is 0.0873. The van der Waals surface area contributed by atoms with Gasteiger partial charge in [-0.15, -0.1) is 11.6 Å². The largest absolute Gasteiger partial charge is 0.390 e. The maximum absolute atomic E-state index is 12.9. The van der Waals surface area contributed by atoms with Gasteiger partial charge < -0.3 is 10.4 Å². The number of alkyl halides is 1. The number of aliphatic hydroxyl groups excluding tert-OH is 1. The van der Waals surface area contributed by atoms with Gasteiger partial charge in [-0.2, -0.15) is 4.31 Å². The molecule has 0 radical (unpaired) electrons. The minimum atomic E-state index is -3.52. The molecule has 1 heterocycles. The Hall–Kier alpha value is -1.60. The van der Waals surface area contributed by atoms with E-state index in [2.05, 4.69) is 11.4 Å². The topological polar surface area (TPSA) is 69.6 Å². The Balaban J connectivity index is 1.72. The van der Waals surface area contributed by atoms with Crippen molar-refractivity contribution >= 4 is 27.3 Å². The first-order chi connectivity index (χ1) is 12.0. The van der Waals surface area contributed by atoms with Crippen LogP contribution in [-0.4, -0.2) is 42.9 Å². The van der Waals surface area contributed by atoms with Crippen molar-refractivity contribution in [3.8, 4) is 0 Å². The van der Waals surface area contributed by atoms with Crippen molar-refractivity contribution in [2.45, 2.75) is 24.0 Å². The van der Waals surface area contributed by atoms with Gasteiger partial charge in [-0.05, 0) is 41.8 Å². The number of nitrogens with one attached hydrogen (secondary N) is 1. The second-order valence-corrected chi connectivity index (χ2v) is 8.32. The summed E-state index contributed by atoms with van der Waals surface area (Å²) in [4.78, 5) is 0.273. The Labute approximate surface area is 153 Å². The zero-order valence-electron chi connectivity index (χ0n) is 13.7. The molecule has 0 saturated carbocycles. The highest BCUT2D eigenvalue weighted by Crippen LogP contribution is 2.25. The predicted octanol–water partition coefficient (Wildman–Crippen LogP) is 2.45. The third kappa shape index (κ3) is 4.15. The van der Waals surface area contributed by atoms with E-state index >= 15 is 0 Å². The summed E-state index contributed by atoms with van der Waals surface area (Å²) in [5.41, 5.74) is 3.02. The van der Waals surface area contributed by atoms with Crippen LogP contribution in [0, 0.1) is 0 Å². The second-order valence-electron chi connectivity index (χ2n) is 6.07. The van der Waals surface area contributed by atoms with Crippen LogP contribution in [-0.2, 0) is 23.0 Å². The van der Waals surface area contributed by atoms with Crippen LogP contribution in [0.15, 0.2) is 53.4 Å². The molecule has 25 heavy (non-hydrogen) atoms. The molecule has 2 N–H and O–H groups in total. The van der Waals surface area contributed by atoms with Crippen LogP contribution < -0.4 is 5.32 Å². The number of benzene rings is 2. The third-order valence-electron chi connectivity index (χ3n) is 4.31. The monoisotopic (exact) mass is 380 g/mol. The minimum Gasteiger partial charge on any atom is -0.390 e.